The van der Waals surface area contributed by atoms with Gasteiger partial charge in [-0.25, -0.2) is 0 Å². The van der Waals surface area contributed by atoms with Crippen LogP contribution in [0.15, 0.2) is 0 Å². The Balaban J connectivity index is 3.06. The molecule has 6 nitrogen and oxygen atoms in total. The monoisotopic (exact) mass is 183 g/mol. The normalized spacial score (nSPS) is 9.69. The van der Waals surface area contributed by atoms with Gasteiger partial charge in [0, 0.05) is 6.54 Å². The fourth-order valence-corrected chi connectivity index (χ4v) is 0.858. The second kappa shape index (κ2) is 3.79. The molecule has 0 spiro atoms. The third kappa shape index (κ3) is 1.90. The standard InChI is InChI=1S/C7H13N5O/c1-3-10-7-11-5(9)4(8)6(12-7)13-2/h3,8H2,1-2H3,(H3,9,10,11,12). The Morgan fingerprint density at radius 2 is 2.08 bits per heavy atom. The molecule has 1 aromatic heterocycles. The lowest BCUT2D eigenvalue weighted by molar-refractivity contribution is 0.400. The number of nitrogen functional groups attached to an aromatic ring is 2. The van der Waals surface area contributed by atoms with Crippen molar-refractivity contribution in [2.24, 2.45) is 0 Å². The average molecular weight is 183 g/mol. The van der Waals surface area contributed by atoms with Gasteiger partial charge in [0.15, 0.2) is 5.82 Å². The Bertz CT molecular complexity index is 301. The zero-order valence-corrected chi connectivity index (χ0v) is 7.66. The molecule has 0 saturated heterocycles. The highest BCUT2D eigenvalue weighted by Gasteiger charge is 2.08. The van der Waals surface area contributed by atoms with Crippen LogP contribution in [0.2, 0.25) is 0 Å². The van der Waals surface area contributed by atoms with Crippen molar-refractivity contribution < 1.29 is 4.74 Å². The van der Waals surface area contributed by atoms with Gasteiger partial charge in [0.05, 0.1) is 7.11 Å². The van der Waals surface area contributed by atoms with E-state index in [-0.39, 0.29) is 11.5 Å². The Hall–Kier alpha value is -1.72. The lowest BCUT2D eigenvalue weighted by Crippen LogP contribution is -2.08. The van der Waals surface area contributed by atoms with Gasteiger partial charge in [-0.1, -0.05) is 0 Å². The number of hydrogen-bond acceptors (Lipinski definition) is 6. The molecule has 0 atom stereocenters. The second-order valence-electron chi connectivity index (χ2n) is 2.39. The van der Waals surface area contributed by atoms with Crippen molar-refractivity contribution in [3.63, 3.8) is 0 Å². The lowest BCUT2D eigenvalue weighted by atomic mass is 10.5. The van der Waals surface area contributed by atoms with Crippen LogP contribution in [0.25, 0.3) is 0 Å². The van der Waals surface area contributed by atoms with Crippen LogP contribution in [0, 0.1) is 0 Å². The highest BCUT2D eigenvalue weighted by atomic mass is 16.5. The molecule has 1 heterocycles. The molecule has 1 rings (SSSR count). The molecule has 13 heavy (non-hydrogen) atoms. The highest BCUT2D eigenvalue weighted by molar-refractivity contribution is 5.66. The number of aromatic nitrogens is 2. The Labute approximate surface area is 76.3 Å². The largest absolute Gasteiger partial charge is 0.479 e. The third-order valence-corrected chi connectivity index (χ3v) is 1.47. The van der Waals surface area contributed by atoms with Gasteiger partial charge in [0.25, 0.3) is 0 Å². The molecule has 0 aromatic carbocycles. The number of hydrogen-bond donors (Lipinski definition) is 3. The van der Waals surface area contributed by atoms with Crippen LogP contribution in [-0.4, -0.2) is 23.6 Å². The summed E-state index contributed by atoms with van der Waals surface area (Å²) >= 11 is 0. The van der Waals surface area contributed by atoms with Crippen molar-refractivity contribution in [2.75, 3.05) is 30.4 Å². The number of rotatable bonds is 3. The minimum absolute atomic E-state index is 0.225. The molecule has 72 valence electrons. The minimum atomic E-state index is 0.225. The van der Waals surface area contributed by atoms with E-state index < -0.39 is 0 Å². The van der Waals surface area contributed by atoms with Crippen LogP contribution in [0.5, 0.6) is 5.88 Å². The molecule has 0 aliphatic rings. The molecule has 0 unspecified atom stereocenters. The summed E-state index contributed by atoms with van der Waals surface area (Å²) in [6.07, 6.45) is 0. The van der Waals surface area contributed by atoms with Gasteiger partial charge in [0.2, 0.25) is 11.8 Å². The van der Waals surface area contributed by atoms with E-state index in [0.717, 1.165) is 0 Å². The molecule has 0 radical (unpaired) electrons. The maximum absolute atomic E-state index is 5.56. The predicted octanol–water partition coefficient (Wildman–Crippen LogP) is 0.0814. The lowest BCUT2D eigenvalue weighted by Gasteiger charge is -2.08. The molecule has 1 aromatic rings. The smallest absolute Gasteiger partial charge is 0.244 e. The first-order valence-electron chi connectivity index (χ1n) is 3.89. The third-order valence-electron chi connectivity index (χ3n) is 1.47. The topological polar surface area (TPSA) is 99.1 Å². The Kier molecular flexibility index (Phi) is 2.73. The molecule has 0 aliphatic carbocycles. The summed E-state index contributed by atoms with van der Waals surface area (Å²) in [6, 6.07) is 0. The Morgan fingerprint density at radius 3 is 2.62 bits per heavy atom. The van der Waals surface area contributed by atoms with E-state index in [1.807, 2.05) is 6.92 Å². The van der Waals surface area contributed by atoms with Gasteiger partial charge in [-0.05, 0) is 6.92 Å². The van der Waals surface area contributed by atoms with Gasteiger partial charge in [-0.2, -0.15) is 9.97 Å². The van der Waals surface area contributed by atoms with Crippen molar-refractivity contribution in [3.8, 4) is 5.88 Å². The molecule has 6 heteroatoms. The summed E-state index contributed by atoms with van der Waals surface area (Å²) in [5.41, 5.74) is 11.4. The first-order valence-corrected chi connectivity index (χ1v) is 3.89. The number of nitrogens with zero attached hydrogens (tertiary/aromatic N) is 2. The van der Waals surface area contributed by atoms with E-state index in [1.165, 1.54) is 7.11 Å². The average Bonchev–Trinajstić information content (AvgIpc) is 2.11. The van der Waals surface area contributed by atoms with E-state index in [9.17, 15) is 0 Å². The SMILES string of the molecule is CCNc1nc(N)c(N)c(OC)n1. The van der Waals surface area contributed by atoms with Gasteiger partial charge < -0.3 is 21.5 Å². The van der Waals surface area contributed by atoms with Crippen molar-refractivity contribution in [1.29, 1.82) is 0 Å². The molecule has 0 aliphatic heterocycles. The predicted molar refractivity (Wildman–Crippen MR) is 51.6 cm³/mol. The molecule has 0 fully saturated rings. The summed E-state index contributed by atoms with van der Waals surface area (Å²) in [5, 5.41) is 2.91. The van der Waals surface area contributed by atoms with Gasteiger partial charge >= 0.3 is 0 Å². The van der Waals surface area contributed by atoms with Gasteiger partial charge in [0.1, 0.15) is 5.69 Å². The van der Waals surface area contributed by atoms with Crippen molar-refractivity contribution in [3.05, 3.63) is 0 Å². The number of anilines is 3. The van der Waals surface area contributed by atoms with Crippen molar-refractivity contribution in [2.45, 2.75) is 6.92 Å². The summed E-state index contributed by atoms with van der Waals surface area (Å²) in [6.45, 7) is 2.65. The van der Waals surface area contributed by atoms with Crippen molar-refractivity contribution in [1.82, 2.24) is 9.97 Å². The maximum atomic E-state index is 5.56. The van der Waals surface area contributed by atoms with E-state index in [1.54, 1.807) is 0 Å². The van der Waals surface area contributed by atoms with Gasteiger partial charge in [-0.3, -0.25) is 0 Å². The minimum Gasteiger partial charge on any atom is -0.479 e. The Morgan fingerprint density at radius 1 is 1.38 bits per heavy atom. The molecule has 5 N–H and O–H groups in total. The quantitative estimate of drug-likeness (QED) is 0.613. The van der Waals surface area contributed by atoms with Crippen LogP contribution >= 0.6 is 0 Å². The van der Waals surface area contributed by atoms with Crippen LogP contribution in [0.3, 0.4) is 0 Å². The number of methoxy groups -OCH3 is 1. The summed E-state index contributed by atoms with van der Waals surface area (Å²) in [5.74, 6) is 0.942. The fraction of sp³-hybridized carbons (Fsp3) is 0.429. The van der Waals surface area contributed by atoms with Crippen LogP contribution in [0.1, 0.15) is 6.92 Å². The summed E-state index contributed by atoms with van der Waals surface area (Å²) in [4.78, 5) is 7.91. The molecule has 0 bridgehead atoms. The molecular weight excluding hydrogens is 170 g/mol. The van der Waals surface area contributed by atoms with E-state index in [4.69, 9.17) is 16.2 Å². The summed E-state index contributed by atoms with van der Waals surface area (Å²) in [7, 11) is 1.48. The first kappa shape index (κ1) is 9.37. The van der Waals surface area contributed by atoms with Crippen LogP contribution in [-0.2, 0) is 0 Å². The zero-order chi connectivity index (χ0) is 9.84. The maximum Gasteiger partial charge on any atom is 0.244 e. The summed E-state index contributed by atoms with van der Waals surface area (Å²) < 4.78 is 4.92. The zero-order valence-electron chi connectivity index (χ0n) is 7.66. The second-order valence-corrected chi connectivity index (χ2v) is 2.39. The van der Waals surface area contributed by atoms with Crippen molar-refractivity contribution >= 4 is 17.5 Å². The van der Waals surface area contributed by atoms with E-state index >= 15 is 0 Å². The van der Waals surface area contributed by atoms with Gasteiger partial charge in [-0.15, -0.1) is 0 Å². The number of ether oxygens (including phenoxy) is 1. The van der Waals surface area contributed by atoms with Crippen LogP contribution < -0.4 is 21.5 Å². The van der Waals surface area contributed by atoms with E-state index in [2.05, 4.69) is 15.3 Å². The fourth-order valence-electron chi connectivity index (χ4n) is 0.858. The molecule has 0 amide bonds. The first-order chi connectivity index (χ1) is 6.19. The number of nitrogens with two attached hydrogens (primary N) is 2. The molecule has 0 saturated carbocycles. The molecular formula is C7H13N5O. The van der Waals surface area contributed by atoms with E-state index in [0.29, 0.717) is 18.4 Å². The number of nitrogens with one attached hydrogen (secondary N) is 1. The highest BCUT2D eigenvalue weighted by Crippen LogP contribution is 2.24. The van der Waals surface area contributed by atoms with Crippen LogP contribution in [0.4, 0.5) is 17.5 Å².